The highest BCUT2D eigenvalue weighted by Gasteiger charge is 2.28. The highest BCUT2D eigenvalue weighted by atomic mass is 16.6. The Balaban J connectivity index is 0.000000196. The van der Waals surface area contributed by atoms with E-state index in [1.165, 1.54) is 19.6 Å². The number of carbonyl (C=O) groups is 6. The van der Waals surface area contributed by atoms with Crippen LogP contribution < -0.4 is 26.1 Å². The van der Waals surface area contributed by atoms with Gasteiger partial charge < -0.3 is 49.3 Å². The van der Waals surface area contributed by atoms with E-state index in [2.05, 4.69) is 56.0 Å². The van der Waals surface area contributed by atoms with E-state index in [0.717, 1.165) is 66.3 Å². The number of carbonyl (C=O) groups excluding carboxylic acids is 5. The fourth-order valence-corrected chi connectivity index (χ4v) is 9.84. The zero-order valence-electron chi connectivity index (χ0n) is 54.3. The van der Waals surface area contributed by atoms with Crippen molar-refractivity contribution >= 4 is 68.9 Å². The Kier molecular flexibility index (Phi) is 22.8. The number of carboxylic acid groups (broad SMARTS) is 1. The second kappa shape index (κ2) is 30.4. The van der Waals surface area contributed by atoms with Crippen LogP contribution in [0, 0.1) is 0 Å². The number of rotatable bonds is 15. The number of pyridine rings is 3. The molecule has 19 heteroatoms. The van der Waals surface area contributed by atoms with Crippen LogP contribution in [0.2, 0.25) is 0 Å². The maximum absolute atomic E-state index is 12.8. The molecule has 0 saturated heterocycles. The minimum absolute atomic E-state index is 0.0879. The number of amides is 3. The SMILES string of the molecule is COC(=O)[C@H](Cc1ccc(-c2cc3ccccc3[n+](C)c2)cc1)NC(=O)OC(C)(C)C.COC(=O)[C@H](Cc1ccc(-c2cnc3ccccc3c2)cc1)NC(=O)OC(C)(C)C.Cn1c(=O)c(-c2ccc(C[C@H](NC(=O)OC(C)(C)C)C(=O)O)cc2)cc2ccccc21. The molecule has 0 aliphatic heterocycles. The maximum atomic E-state index is 12.8. The van der Waals surface area contributed by atoms with Crippen LogP contribution in [-0.4, -0.2) is 100.0 Å². The van der Waals surface area contributed by atoms with Gasteiger partial charge in [-0.3, -0.25) is 9.78 Å². The van der Waals surface area contributed by atoms with E-state index in [1.54, 1.807) is 98.2 Å². The van der Waals surface area contributed by atoms with Crippen molar-refractivity contribution in [1.82, 2.24) is 25.5 Å². The van der Waals surface area contributed by atoms with Gasteiger partial charge in [0.15, 0.2) is 6.20 Å². The van der Waals surface area contributed by atoms with Gasteiger partial charge in [-0.1, -0.05) is 121 Å². The van der Waals surface area contributed by atoms with Gasteiger partial charge in [0.25, 0.3) is 5.56 Å². The first-order chi connectivity index (χ1) is 43.5. The first kappa shape index (κ1) is 69.1. The molecule has 9 rings (SSSR count). The molecule has 0 saturated carbocycles. The topological polar surface area (TPSA) is 244 Å². The predicted molar refractivity (Wildman–Crippen MR) is 355 cm³/mol. The highest BCUT2D eigenvalue weighted by Crippen LogP contribution is 2.27. The second-order valence-electron chi connectivity index (χ2n) is 25.0. The molecule has 4 N–H and O–H groups in total. The van der Waals surface area contributed by atoms with Crippen molar-refractivity contribution in [1.29, 1.82) is 0 Å². The van der Waals surface area contributed by atoms with Gasteiger partial charge in [-0.15, -0.1) is 0 Å². The summed E-state index contributed by atoms with van der Waals surface area (Å²) in [4.78, 5) is 89.3. The summed E-state index contributed by atoms with van der Waals surface area (Å²) in [6.45, 7) is 15.7. The van der Waals surface area contributed by atoms with Crippen LogP contribution in [0.1, 0.15) is 79.0 Å². The van der Waals surface area contributed by atoms with Gasteiger partial charge in [0, 0.05) is 66.0 Å². The maximum Gasteiger partial charge on any atom is 0.408 e. The molecule has 3 heterocycles. The van der Waals surface area contributed by atoms with Gasteiger partial charge in [-0.25, -0.2) is 33.3 Å². The van der Waals surface area contributed by atoms with Crippen molar-refractivity contribution in [2.75, 3.05) is 14.2 Å². The average Bonchev–Trinajstić information content (AvgIpc) is 0.880. The van der Waals surface area contributed by atoms with Crippen molar-refractivity contribution in [3.8, 4) is 33.4 Å². The molecule has 92 heavy (non-hydrogen) atoms. The Morgan fingerprint density at radius 2 is 0.902 bits per heavy atom. The number of aryl methyl sites for hydroxylation is 2. The lowest BCUT2D eigenvalue weighted by atomic mass is 10.0. The molecule has 3 aromatic heterocycles. The molecule has 6 aromatic carbocycles. The van der Waals surface area contributed by atoms with E-state index in [-0.39, 0.29) is 12.0 Å². The summed E-state index contributed by atoms with van der Waals surface area (Å²) in [5, 5.41) is 20.3. The number of ether oxygens (including phenoxy) is 5. The molecule has 0 radical (unpaired) electrons. The number of methoxy groups -OCH3 is 2. The summed E-state index contributed by atoms with van der Waals surface area (Å²) >= 11 is 0. The van der Waals surface area contributed by atoms with Crippen molar-refractivity contribution in [2.45, 2.75) is 117 Å². The monoisotopic (exact) mass is 1250 g/mol. The number of hydrogen-bond acceptors (Lipinski definition) is 13. The molecule has 3 amide bonds. The third-order valence-corrected chi connectivity index (χ3v) is 14.2. The average molecular weight is 1250 g/mol. The number of aromatic nitrogens is 3. The molecule has 0 aliphatic rings. The first-order valence-electron chi connectivity index (χ1n) is 29.9. The number of fused-ring (bicyclic) bond motifs is 3. The van der Waals surface area contributed by atoms with Gasteiger partial charge in [0.2, 0.25) is 5.52 Å². The lowest BCUT2D eigenvalue weighted by Crippen LogP contribution is -2.45. The van der Waals surface area contributed by atoms with E-state index < -0.39 is 71.1 Å². The fourth-order valence-electron chi connectivity index (χ4n) is 9.84. The highest BCUT2D eigenvalue weighted by molar-refractivity contribution is 5.87. The Bertz CT molecular complexity index is 4150. The zero-order valence-corrected chi connectivity index (χ0v) is 54.3. The molecule has 0 spiro atoms. The summed E-state index contributed by atoms with van der Waals surface area (Å²) in [5.74, 6) is -2.20. The molecule has 19 nitrogen and oxygen atoms in total. The van der Waals surface area contributed by atoms with E-state index in [4.69, 9.17) is 23.7 Å². The van der Waals surface area contributed by atoms with Crippen molar-refractivity contribution in [3.63, 3.8) is 0 Å². The molecule has 0 unspecified atom stereocenters. The number of hydrogen-bond donors (Lipinski definition) is 4. The molecule has 9 aromatic rings. The van der Waals surface area contributed by atoms with Gasteiger partial charge in [0.05, 0.1) is 25.3 Å². The molecule has 480 valence electrons. The number of aliphatic carboxylic acids is 1. The first-order valence-corrected chi connectivity index (χ1v) is 29.9. The molecule has 0 bridgehead atoms. The second-order valence-corrected chi connectivity index (χ2v) is 25.0. The van der Waals surface area contributed by atoms with Crippen LogP contribution in [0.25, 0.3) is 66.1 Å². The normalized spacial score (nSPS) is 12.3. The van der Waals surface area contributed by atoms with E-state index in [0.29, 0.717) is 24.0 Å². The molecule has 0 aliphatic carbocycles. The lowest BCUT2D eigenvalue weighted by molar-refractivity contribution is -0.644. The van der Waals surface area contributed by atoms with Crippen molar-refractivity contribution in [3.05, 3.63) is 203 Å². The van der Waals surface area contributed by atoms with Crippen LogP contribution >= 0.6 is 0 Å². The van der Waals surface area contributed by atoms with Gasteiger partial charge in [-0.05, 0) is 137 Å². The summed E-state index contributed by atoms with van der Waals surface area (Å²) in [6.07, 6.45) is 2.54. The Hall–Kier alpha value is -10.4. The largest absolute Gasteiger partial charge is 0.480 e. The molecular weight excluding hydrogens is 1170 g/mol. The zero-order chi connectivity index (χ0) is 67.1. The Labute approximate surface area is 535 Å². The standard InChI is InChI=1S/C25H28N2O4.C24H26N2O5.C24H26N2O4/c1-25(2,3)31-24(29)26-21(23(28)30-5)14-17-10-12-18(13-11-17)20-15-19-8-6-7-9-22(19)27(4)16-20;1-24(2,3)31-23(30)25-19(22(28)29)13-15-9-11-16(12-10-15)18-14-17-7-5-6-8-20(17)26(4)21(18)27;1-24(2,3)30-23(28)26-21(22(27)29-4)13-16-9-11-17(12-10-16)19-14-18-7-5-6-8-20(18)25-15-19/h6-13,15-16,21H,14H2,1-5H3;5-12,14,19H,13H2,1-4H3,(H,25,30)(H,28,29);5-12,14-15,21H,13H2,1-4H3,(H,26,28)/p+1/t21-;19-;21-/m000/s1. The van der Waals surface area contributed by atoms with Crippen LogP contribution in [0.4, 0.5) is 14.4 Å². The van der Waals surface area contributed by atoms with Gasteiger partial charge in [-0.2, -0.15) is 0 Å². The minimum Gasteiger partial charge on any atom is -0.480 e. The van der Waals surface area contributed by atoms with Gasteiger partial charge >= 0.3 is 36.2 Å². The van der Waals surface area contributed by atoms with E-state index in [9.17, 15) is 38.7 Å². The number of alkyl carbamates (subject to hydrolysis) is 3. The Morgan fingerprint density at radius 3 is 1.38 bits per heavy atom. The van der Waals surface area contributed by atoms with Crippen LogP contribution in [0.3, 0.4) is 0 Å². The number of para-hydroxylation sites is 3. The van der Waals surface area contributed by atoms with Crippen molar-refractivity contribution in [2.24, 2.45) is 14.1 Å². The van der Waals surface area contributed by atoms with E-state index in [1.807, 2.05) is 129 Å². The van der Waals surface area contributed by atoms with Gasteiger partial charge in [0.1, 0.15) is 42.0 Å². The Morgan fingerprint density at radius 1 is 0.500 bits per heavy atom. The number of nitrogens with one attached hydrogen (secondary N) is 3. The molecule has 3 atom stereocenters. The number of nitrogens with zero attached hydrogens (tertiary/aromatic N) is 3. The number of benzene rings is 6. The lowest BCUT2D eigenvalue weighted by Gasteiger charge is -2.22. The van der Waals surface area contributed by atoms with Crippen molar-refractivity contribution < 1.29 is 62.1 Å². The number of carboxylic acids is 1. The minimum atomic E-state index is -1.15. The van der Waals surface area contributed by atoms with E-state index >= 15 is 0 Å². The molecular formula is C73H81N6O13+. The molecule has 0 fully saturated rings. The quantitative estimate of drug-likeness (QED) is 0.0424. The van der Waals surface area contributed by atoms with Crippen LogP contribution in [0.5, 0.6) is 0 Å². The van der Waals surface area contributed by atoms with Crippen LogP contribution in [-0.2, 0) is 71.4 Å². The predicted octanol–water partition coefficient (Wildman–Crippen LogP) is 12.2. The fraction of sp³-hybridized carbons (Fsp3) is 0.301. The smallest absolute Gasteiger partial charge is 0.408 e. The third-order valence-electron chi connectivity index (χ3n) is 14.2. The third kappa shape index (κ3) is 20.0. The summed E-state index contributed by atoms with van der Waals surface area (Å²) in [7, 11) is 6.36. The summed E-state index contributed by atoms with van der Waals surface area (Å²) in [6, 6.07) is 50.0. The van der Waals surface area contributed by atoms with Crippen LogP contribution in [0.15, 0.2) is 181 Å². The summed E-state index contributed by atoms with van der Waals surface area (Å²) in [5.41, 5.74) is 8.84. The number of esters is 2. The summed E-state index contributed by atoms with van der Waals surface area (Å²) < 4.78 is 29.1.